The van der Waals surface area contributed by atoms with Crippen LogP contribution in [0.15, 0.2) is 88.0 Å². The second-order valence-corrected chi connectivity index (χ2v) is 9.28. The molecule has 3 heterocycles. The molecule has 0 saturated heterocycles. The first-order valence-electron chi connectivity index (χ1n) is 12.5. The van der Waals surface area contributed by atoms with Crippen LogP contribution in [-0.4, -0.2) is 35.9 Å². The molecular formula is C31H23FN4O4. The zero-order chi connectivity index (χ0) is 28.0. The normalized spacial score (nSPS) is 11.2. The van der Waals surface area contributed by atoms with Gasteiger partial charge in [0.05, 0.1) is 17.4 Å². The van der Waals surface area contributed by atoms with Crippen LogP contribution in [0.4, 0.5) is 10.1 Å². The van der Waals surface area contributed by atoms with Gasteiger partial charge in [0.15, 0.2) is 5.58 Å². The predicted molar refractivity (Wildman–Crippen MR) is 150 cm³/mol. The maximum absolute atomic E-state index is 13.6. The molecule has 3 aromatic carbocycles. The van der Waals surface area contributed by atoms with E-state index in [1.807, 2.05) is 30.3 Å². The van der Waals surface area contributed by atoms with Crippen LogP contribution >= 0.6 is 0 Å². The molecule has 1 N–H and O–H groups in total. The predicted octanol–water partition coefficient (Wildman–Crippen LogP) is 6.45. The standard InChI is InChI=1S/C31H23FN4O4/c1-17(37)36(3)25-15-26-23(28(30(38)33-2)29(39-26)18-7-9-21(32)10-8-18)14-22(25)19-5-4-6-20(13-19)31-35-24-11-12-34-16-27(24)40-31/h4-16H,1-3H3,(H,33,38). The molecule has 0 fully saturated rings. The average molecular weight is 535 g/mol. The van der Waals surface area contributed by atoms with Gasteiger partial charge in [0, 0.05) is 55.4 Å². The third-order valence-electron chi connectivity index (χ3n) is 6.81. The number of pyridine rings is 1. The van der Waals surface area contributed by atoms with Gasteiger partial charge >= 0.3 is 0 Å². The number of carbonyl (C=O) groups excluding carboxylic acids is 2. The first-order valence-corrected chi connectivity index (χ1v) is 12.5. The molecule has 0 atom stereocenters. The van der Waals surface area contributed by atoms with Gasteiger partial charge in [0.1, 0.15) is 22.7 Å². The Morgan fingerprint density at radius 1 is 0.925 bits per heavy atom. The number of carbonyl (C=O) groups is 2. The van der Waals surface area contributed by atoms with Gasteiger partial charge < -0.3 is 19.1 Å². The van der Waals surface area contributed by atoms with Gasteiger partial charge in [-0.25, -0.2) is 9.37 Å². The Bertz CT molecular complexity index is 1890. The van der Waals surface area contributed by atoms with Crippen molar-refractivity contribution in [2.45, 2.75) is 6.92 Å². The van der Waals surface area contributed by atoms with Gasteiger partial charge in [-0.05, 0) is 54.1 Å². The van der Waals surface area contributed by atoms with Crippen molar-refractivity contribution in [2.75, 3.05) is 19.0 Å². The molecule has 0 saturated carbocycles. The molecule has 0 aliphatic rings. The Morgan fingerprint density at radius 3 is 2.42 bits per heavy atom. The molecule has 0 bridgehead atoms. The summed E-state index contributed by atoms with van der Waals surface area (Å²) < 4.78 is 25.8. The molecule has 0 aliphatic heterocycles. The molecule has 0 spiro atoms. The van der Waals surface area contributed by atoms with Crippen LogP contribution in [-0.2, 0) is 4.79 Å². The number of hydrogen-bond acceptors (Lipinski definition) is 6. The van der Waals surface area contributed by atoms with E-state index >= 15 is 0 Å². The first kappa shape index (κ1) is 25.0. The Balaban J connectivity index is 1.58. The van der Waals surface area contributed by atoms with Crippen LogP contribution in [0.3, 0.4) is 0 Å². The Hall–Kier alpha value is -5.31. The van der Waals surface area contributed by atoms with E-state index in [-0.39, 0.29) is 11.8 Å². The summed E-state index contributed by atoms with van der Waals surface area (Å²) in [4.78, 5) is 35.8. The van der Waals surface area contributed by atoms with Crippen molar-refractivity contribution >= 4 is 39.6 Å². The van der Waals surface area contributed by atoms with E-state index < -0.39 is 5.82 Å². The molecule has 9 heteroatoms. The molecule has 6 aromatic rings. The Kier molecular flexibility index (Phi) is 6.11. The van der Waals surface area contributed by atoms with Crippen LogP contribution in [0, 0.1) is 5.82 Å². The summed E-state index contributed by atoms with van der Waals surface area (Å²) in [5.41, 5.74) is 5.32. The van der Waals surface area contributed by atoms with Crippen LogP contribution in [0.1, 0.15) is 17.3 Å². The fourth-order valence-electron chi connectivity index (χ4n) is 4.69. The number of aromatic nitrogens is 2. The minimum absolute atomic E-state index is 0.181. The highest BCUT2D eigenvalue weighted by Crippen LogP contribution is 2.41. The van der Waals surface area contributed by atoms with Crippen molar-refractivity contribution in [1.82, 2.24) is 15.3 Å². The van der Waals surface area contributed by atoms with Gasteiger partial charge in [-0.2, -0.15) is 0 Å². The summed E-state index contributed by atoms with van der Waals surface area (Å²) in [7, 11) is 3.21. The van der Waals surface area contributed by atoms with Crippen LogP contribution in [0.2, 0.25) is 0 Å². The number of furan rings is 1. The van der Waals surface area contributed by atoms with Crippen molar-refractivity contribution in [3.05, 3.63) is 90.5 Å². The summed E-state index contributed by atoms with van der Waals surface area (Å²) in [6.45, 7) is 1.47. The van der Waals surface area contributed by atoms with Crippen molar-refractivity contribution in [1.29, 1.82) is 0 Å². The summed E-state index contributed by atoms with van der Waals surface area (Å²) in [6, 6.07) is 18.7. The second kappa shape index (κ2) is 9.77. The molecule has 0 radical (unpaired) electrons. The van der Waals surface area contributed by atoms with Crippen molar-refractivity contribution in [3.8, 4) is 33.9 Å². The minimum Gasteiger partial charge on any atom is -0.455 e. The van der Waals surface area contributed by atoms with Crippen LogP contribution in [0.25, 0.3) is 56.0 Å². The molecular weight excluding hydrogens is 511 g/mol. The average Bonchev–Trinajstić information content (AvgIpc) is 3.58. The number of nitrogens with one attached hydrogen (secondary N) is 1. The maximum atomic E-state index is 13.6. The van der Waals surface area contributed by atoms with Crippen LogP contribution < -0.4 is 10.2 Å². The first-order chi connectivity index (χ1) is 19.3. The molecule has 2 amide bonds. The number of halogens is 1. The van der Waals surface area contributed by atoms with E-state index in [1.165, 1.54) is 31.0 Å². The summed E-state index contributed by atoms with van der Waals surface area (Å²) >= 11 is 0. The number of anilines is 1. The van der Waals surface area contributed by atoms with Gasteiger partial charge in [-0.3, -0.25) is 14.6 Å². The number of fused-ring (bicyclic) bond motifs is 2. The highest BCUT2D eigenvalue weighted by molar-refractivity contribution is 6.13. The lowest BCUT2D eigenvalue weighted by atomic mass is 9.97. The van der Waals surface area contributed by atoms with E-state index in [1.54, 1.807) is 43.7 Å². The number of nitrogens with zero attached hydrogens (tertiary/aromatic N) is 3. The van der Waals surface area contributed by atoms with Crippen molar-refractivity contribution in [3.63, 3.8) is 0 Å². The largest absolute Gasteiger partial charge is 0.455 e. The lowest BCUT2D eigenvalue weighted by Gasteiger charge is -2.20. The quantitative estimate of drug-likeness (QED) is 0.273. The number of oxazole rings is 1. The summed E-state index contributed by atoms with van der Waals surface area (Å²) in [6.07, 6.45) is 3.26. The van der Waals surface area contributed by atoms with E-state index in [4.69, 9.17) is 8.83 Å². The Morgan fingerprint density at radius 2 is 1.70 bits per heavy atom. The third kappa shape index (κ3) is 4.27. The minimum atomic E-state index is -0.399. The van der Waals surface area contributed by atoms with Gasteiger partial charge in [-0.1, -0.05) is 12.1 Å². The lowest BCUT2D eigenvalue weighted by Crippen LogP contribution is -2.23. The van der Waals surface area contributed by atoms with E-state index in [2.05, 4.69) is 15.3 Å². The SMILES string of the molecule is CNC(=O)c1c(-c2ccc(F)cc2)oc2cc(N(C)C(C)=O)c(-c3cccc(-c4nc5ccncc5o4)c3)cc12. The number of rotatable bonds is 5. The van der Waals surface area contributed by atoms with Gasteiger partial charge in [0.25, 0.3) is 5.91 Å². The molecule has 198 valence electrons. The molecule has 0 unspecified atom stereocenters. The fraction of sp³-hybridized carbons (Fsp3) is 0.0968. The monoisotopic (exact) mass is 534 g/mol. The molecule has 6 rings (SSSR count). The second-order valence-electron chi connectivity index (χ2n) is 9.28. The zero-order valence-electron chi connectivity index (χ0n) is 21.9. The van der Waals surface area contributed by atoms with Crippen LogP contribution in [0.5, 0.6) is 0 Å². The van der Waals surface area contributed by atoms with E-state index in [9.17, 15) is 14.0 Å². The fourth-order valence-corrected chi connectivity index (χ4v) is 4.69. The summed E-state index contributed by atoms with van der Waals surface area (Å²) in [5, 5.41) is 3.22. The molecule has 3 aromatic heterocycles. The lowest BCUT2D eigenvalue weighted by molar-refractivity contribution is -0.116. The third-order valence-corrected chi connectivity index (χ3v) is 6.81. The number of benzene rings is 3. The summed E-state index contributed by atoms with van der Waals surface area (Å²) in [5.74, 6) is -0.202. The zero-order valence-corrected chi connectivity index (χ0v) is 21.9. The molecule has 40 heavy (non-hydrogen) atoms. The Labute approximate surface area is 228 Å². The van der Waals surface area contributed by atoms with Crippen molar-refractivity contribution < 1.29 is 22.8 Å². The van der Waals surface area contributed by atoms with E-state index in [0.717, 1.165) is 11.1 Å². The van der Waals surface area contributed by atoms with Gasteiger partial charge in [-0.15, -0.1) is 0 Å². The van der Waals surface area contributed by atoms with Gasteiger partial charge in [0.2, 0.25) is 11.8 Å². The van der Waals surface area contributed by atoms with E-state index in [0.29, 0.717) is 56.1 Å². The number of amides is 2. The topological polar surface area (TPSA) is 101 Å². The highest BCUT2D eigenvalue weighted by Gasteiger charge is 2.25. The van der Waals surface area contributed by atoms with Crippen molar-refractivity contribution in [2.24, 2.45) is 0 Å². The smallest absolute Gasteiger partial charge is 0.255 e. The molecule has 0 aliphatic carbocycles. The maximum Gasteiger partial charge on any atom is 0.255 e. The highest BCUT2D eigenvalue weighted by atomic mass is 19.1. The molecule has 8 nitrogen and oxygen atoms in total. The number of hydrogen-bond donors (Lipinski definition) is 1.